The van der Waals surface area contributed by atoms with Crippen molar-refractivity contribution in [2.45, 2.75) is 26.0 Å². The lowest BCUT2D eigenvalue weighted by molar-refractivity contribution is 0.0313. The summed E-state index contributed by atoms with van der Waals surface area (Å²) >= 11 is 0. The van der Waals surface area contributed by atoms with Crippen molar-refractivity contribution in [2.75, 3.05) is 7.11 Å². The molecule has 0 spiro atoms. The second-order valence-electron chi connectivity index (χ2n) is 3.72. The fraction of sp³-hybridized carbons (Fsp3) is 0.600. The van der Waals surface area contributed by atoms with E-state index in [9.17, 15) is 0 Å². The van der Waals surface area contributed by atoms with E-state index in [1.807, 2.05) is 0 Å². The smallest absolute Gasteiger partial charge is 0.0911 e. The lowest BCUT2D eigenvalue weighted by Gasteiger charge is -2.27. The Morgan fingerprint density at radius 1 is 1.40 bits per heavy atom. The molecule has 0 radical (unpaired) electrons. The van der Waals surface area contributed by atoms with Gasteiger partial charge in [-0.2, -0.15) is 0 Å². The Kier molecular flexibility index (Phi) is 4.61. The molecule has 0 bridgehead atoms. The van der Waals surface area contributed by atoms with Gasteiger partial charge in [0.25, 0.3) is 0 Å². The minimum absolute atomic E-state index is 0.0216. The summed E-state index contributed by atoms with van der Waals surface area (Å²) in [5.74, 6) is 5.87. The molecule has 15 heavy (non-hydrogen) atoms. The maximum Gasteiger partial charge on any atom is 0.0911 e. The summed E-state index contributed by atoms with van der Waals surface area (Å²) in [4.78, 5) is 8.23. The zero-order chi connectivity index (χ0) is 11.3. The molecule has 0 saturated carbocycles. The van der Waals surface area contributed by atoms with Crippen LogP contribution in [0.2, 0.25) is 0 Å². The molecule has 1 aromatic rings. The highest BCUT2D eigenvalue weighted by Crippen LogP contribution is 2.21. The monoisotopic (exact) mass is 210 g/mol. The third kappa shape index (κ3) is 2.95. The van der Waals surface area contributed by atoms with Crippen molar-refractivity contribution in [3.63, 3.8) is 0 Å². The van der Waals surface area contributed by atoms with Gasteiger partial charge in [-0.3, -0.25) is 15.8 Å². The number of aromatic nitrogens is 2. The maximum atomic E-state index is 5.52. The zero-order valence-electron chi connectivity index (χ0n) is 9.34. The van der Waals surface area contributed by atoms with Crippen LogP contribution in [0, 0.1) is 5.92 Å². The molecule has 1 heterocycles. The lowest BCUT2D eigenvalue weighted by Crippen LogP contribution is -2.40. The molecule has 5 heteroatoms. The number of hydrogen-bond acceptors (Lipinski definition) is 5. The quantitative estimate of drug-likeness (QED) is 0.551. The Labute approximate surface area is 90.0 Å². The van der Waals surface area contributed by atoms with E-state index in [1.165, 1.54) is 0 Å². The highest BCUT2D eigenvalue weighted by molar-refractivity contribution is 5.05. The van der Waals surface area contributed by atoms with Crippen LogP contribution in [0.25, 0.3) is 0 Å². The average molecular weight is 210 g/mol. The van der Waals surface area contributed by atoms with Crippen molar-refractivity contribution in [2.24, 2.45) is 11.8 Å². The summed E-state index contributed by atoms with van der Waals surface area (Å²) in [6, 6.07) is -0.135. The van der Waals surface area contributed by atoms with Crippen LogP contribution in [0.4, 0.5) is 0 Å². The molecular formula is C10H18N4O. The molecule has 2 atom stereocenters. The van der Waals surface area contributed by atoms with Crippen LogP contribution in [0.15, 0.2) is 18.6 Å². The lowest BCUT2D eigenvalue weighted by atomic mass is 9.98. The van der Waals surface area contributed by atoms with Gasteiger partial charge >= 0.3 is 0 Å². The Bertz CT molecular complexity index is 278. The summed E-state index contributed by atoms with van der Waals surface area (Å²) in [6.07, 6.45) is 4.95. The van der Waals surface area contributed by atoms with Crippen LogP contribution in [-0.2, 0) is 4.74 Å². The van der Waals surface area contributed by atoms with Gasteiger partial charge in [0.2, 0.25) is 0 Å². The number of hydrazine groups is 1. The normalized spacial score (nSPS) is 15.3. The van der Waals surface area contributed by atoms with Crippen LogP contribution in [0.1, 0.15) is 25.6 Å². The van der Waals surface area contributed by atoms with Crippen molar-refractivity contribution in [3.05, 3.63) is 24.3 Å². The molecule has 5 nitrogen and oxygen atoms in total. The number of methoxy groups -OCH3 is 1. The number of ether oxygens (including phenoxy) is 1. The summed E-state index contributed by atoms with van der Waals surface area (Å²) in [5.41, 5.74) is 3.52. The second kappa shape index (κ2) is 5.75. The highest BCUT2D eigenvalue weighted by atomic mass is 16.5. The fourth-order valence-corrected chi connectivity index (χ4v) is 1.61. The first-order valence-electron chi connectivity index (χ1n) is 4.95. The van der Waals surface area contributed by atoms with Gasteiger partial charge in [-0.15, -0.1) is 0 Å². The topological polar surface area (TPSA) is 73.1 Å². The predicted octanol–water partition coefficient (Wildman–Crippen LogP) is 0.652. The van der Waals surface area contributed by atoms with Crippen LogP contribution < -0.4 is 11.3 Å². The molecule has 1 aromatic heterocycles. The summed E-state index contributed by atoms with van der Waals surface area (Å²) in [6.45, 7) is 4.16. The number of rotatable bonds is 5. The SMILES string of the molecule is COC(C(C)C)C(NN)c1cnccn1. The molecule has 0 aliphatic heterocycles. The van der Waals surface area contributed by atoms with Crippen molar-refractivity contribution >= 4 is 0 Å². The van der Waals surface area contributed by atoms with E-state index >= 15 is 0 Å². The molecule has 0 aliphatic rings. The van der Waals surface area contributed by atoms with Gasteiger partial charge in [-0.25, -0.2) is 5.43 Å². The molecule has 84 valence electrons. The van der Waals surface area contributed by atoms with Gasteiger partial charge < -0.3 is 4.74 Å². The van der Waals surface area contributed by atoms with Gasteiger partial charge in [-0.05, 0) is 5.92 Å². The second-order valence-corrected chi connectivity index (χ2v) is 3.72. The molecule has 0 saturated heterocycles. The third-order valence-electron chi connectivity index (χ3n) is 2.34. The highest BCUT2D eigenvalue weighted by Gasteiger charge is 2.25. The van der Waals surface area contributed by atoms with Crippen LogP contribution >= 0.6 is 0 Å². The van der Waals surface area contributed by atoms with Gasteiger partial charge in [-0.1, -0.05) is 13.8 Å². The molecule has 0 aromatic carbocycles. The van der Waals surface area contributed by atoms with Crippen molar-refractivity contribution in [1.29, 1.82) is 0 Å². The van der Waals surface area contributed by atoms with Crippen molar-refractivity contribution in [1.82, 2.24) is 15.4 Å². The van der Waals surface area contributed by atoms with Crippen LogP contribution in [0.3, 0.4) is 0 Å². The average Bonchev–Trinajstić information content (AvgIpc) is 2.26. The first kappa shape index (κ1) is 12.0. The molecule has 0 fully saturated rings. The molecule has 3 N–H and O–H groups in total. The van der Waals surface area contributed by atoms with Gasteiger partial charge in [0.05, 0.1) is 24.0 Å². The van der Waals surface area contributed by atoms with E-state index in [-0.39, 0.29) is 12.1 Å². The minimum atomic E-state index is -0.135. The Balaban J connectivity index is 2.87. The molecule has 0 amide bonds. The van der Waals surface area contributed by atoms with E-state index < -0.39 is 0 Å². The largest absolute Gasteiger partial charge is 0.379 e. The first-order valence-corrected chi connectivity index (χ1v) is 4.95. The Morgan fingerprint density at radius 3 is 2.53 bits per heavy atom. The number of hydrogen-bond donors (Lipinski definition) is 2. The standard InChI is InChI=1S/C10H18N4O/c1-7(2)10(15-3)9(14-11)8-6-12-4-5-13-8/h4-7,9-10,14H,11H2,1-3H3. The van der Waals surface area contributed by atoms with Gasteiger partial charge in [0.1, 0.15) is 0 Å². The Hall–Kier alpha value is -1.04. The summed E-state index contributed by atoms with van der Waals surface area (Å²) < 4.78 is 5.41. The van der Waals surface area contributed by atoms with E-state index in [0.29, 0.717) is 5.92 Å². The van der Waals surface area contributed by atoms with Crippen LogP contribution in [0.5, 0.6) is 0 Å². The summed E-state index contributed by atoms with van der Waals surface area (Å²) in [7, 11) is 1.67. The number of nitrogens with two attached hydrogens (primary N) is 1. The van der Waals surface area contributed by atoms with E-state index in [4.69, 9.17) is 10.6 Å². The number of nitrogens with zero attached hydrogens (tertiary/aromatic N) is 2. The number of nitrogens with one attached hydrogen (secondary N) is 1. The zero-order valence-corrected chi connectivity index (χ0v) is 9.34. The predicted molar refractivity (Wildman–Crippen MR) is 57.7 cm³/mol. The van der Waals surface area contributed by atoms with E-state index in [0.717, 1.165) is 5.69 Å². The van der Waals surface area contributed by atoms with Gasteiger partial charge in [0, 0.05) is 19.5 Å². The van der Waals surface area contributed by atoms with E-state index in [2.05, 4.69) is 29.2 Å². The molecular weight excluding hydrogens is 192 g/mol. The maximum absolute atomic E-state index is 5.52. The molecule has 1 rings (SSSR count). The van der Waals surface area contributed by atoms with E-state index in [1.54, 1.807) is 25.7 Å². The van der Waals surface area contributed by atoms with Crippen LogP contribution in [-0.4, -0.2) is 23.2 Å². The first-order chi connectivity index (χ1) is 7.20. The third-order valence-corrected chi connectivity index (χ3v) is 2.34. The van der Waals surface area contributed by atoms with Gasteiger partial charge in [0.15, 0.2) is 0 Å². The molecule has 2 unspecified atom stereocenters. The van der Waals surface area contributed by atoms with Crippen molar-refractivity contribution in [3.8, 4) is 0 Å². The summed E-state index contributed by atoms with van der Waals surface area (Å²) in [5, 5.41) is 0. The Morgan fingerprint density at radius 2 is 2.13 bits per heavy atom. The molecule has 0 aliphatic carbocycles. The van der Waals surface area contributed by atoms with Crippen molar-refractivity contribution < 1.29 is 4.74 Å². The minimum Gasteiger partial charge on any atom is -0.379 e. The fourth-order valence-electron chi connectivity index (χ4n) is 1.61.